The van der Waals surface area contributed by atoms with Crippen LogP contribution < -0.4 is 4.74 Å². The van der Waals surface area contributed by atoms with Crippen molar-refractivity contribution in [3.63, 3.8) is 0 Å². The van der Waals surface area contributed by atoms with Gasteiger partial charge in [-0.1, -0.05) is 36.4 Å². The van der Waals surface area contributed by atoms with E-state index in [9.17, 15) is 9.59 Å². The van der Waals surface area contributed by atoms with E-state index in [0.717, 1.165) is 17.4 Å². The summed E-state index contributed by atoms with van der Waals surface area (Å²) >= 11 is 0. The van der Waals surface area contributed by atoms with Crippen LogP contribution in [0.4, 0.5) is 0 Å². The van der Waals surface area contributed by atoms with Crippen molar-refractivity contribution in [2.75, 3.05) is 0 Å². The van der Waals surface area contributed by atoms with Gasteiger partial charge < -0.3 is 4.74 Å². The number of aldehydes is 1. The van der Waals surface area contributed by atoms with Crippen molar-refractivity contribution >= 4 is 12.1 Å². The van der Waals surface area contributed by atoms with Crippen LogP contribution in [0, 0.1) is 0 Å². The SMILES string of the molecule is O=Cc1ccc(OCc2ccccc2)c(C(=O)Cc2cccnc2)c1. The molecule has 2 aromatic carbocycles. The fraction of sp³-hybridized carbons (Fsp3) is 0.0952. The number of pyridine rings is 1. The minimum absolute atomic E-state index is 0.111. The molecule has 1 heterocycles. The molecule has 4 nitrogen and oxygen atoms in total. The molecule has 0 atom stereocenters. The van der Waals surface area contributed by atoms with Gasteiger partial charge in [0.15, 0.2) is 5.78 Å². The first-order valence-corrected chi connectivity index (χ1v) is 7.94. The number of benzene rings is 2. The van der Waals surface area contributed by atoms with E-state index in [1.165, 1.54) is 0 Å². The van der Waals surface area contributed by atoms with Gasteiger partial charge in [-0.05, 0) is 35.4 Å². The van der Waals surface area contributed by atoms with Gasteiger partial charge in [0.2, 0.25) is 0 Å². The summed E-state index contributed by atoms with van der Waals surface area (Å²) in [7, 11) is 0. The highest BCUT2D eigenvalue weighted by Crippen LogP contribution is 2.23. The van der Waals surface area contributed by atoms with E-state index >= 15 is 0 Å². The van der Waals surface area contributed by atoms with Crippen molar-refractivity contribution in [2.45, 2.75) is 13.0 Å². The smallest absolute Gasteiger partial charge is 0.171 e. The van der Waals surface area contributed by atoms with E-state index in [4.69, 9.17) is 4.74 Å². The molecule has 0 radical (unpaired) electrons. The van der Waals surface area contributed by atoms with Gasteiger partial charge in [0.05, 0.1) is 5.56 Å². The Morgan fingerprint density at radius 1 is 1.00 bits per heavy atom. The fourth-order valence-corrected chi connectivity index (χ4v) is 2.48. The topological polar surface area (TPSA) is 56.3 Å². The third-order valence-corrected chi connectivity index (χ3v) is 3.76. The van der Waals surface area contributed by atoms with E-state index in [0.29, 0.717) is 23.5 Å². The molecule has 3 aromatic rings. The lowest BCUT2D eigenvalue weighted by Gasteiger charge is -2.12. The molecule has 0 spiro atoms. The Morgan fingerprint density at radius 3 is 2.52 bits per heavy atom. The molecular weight excluding hydrogens is 314 g/mol. The average Bonchev–Trinajstić information content (AvgIpc) is 2.68. The molecule has 4 heteroatoms. The Bertz CT molecular complexity index is 861. The predicted molar refractivity (Wildman–Crippen MR) is 94.9 cm³/mol. The zero-order valence-corrected chi connectivity index (χ0v) is 13.6. The number of aromatic nitrogens is 1. The molecule has 0 fully saturated rings. The maximum atomic E-state index is 12.7. The number of nitrogens with zero attached hydrogens (tertiary/aromatic N) is 1. The van der Waals surface area contributed by atoms with E-state index in [1.807, 2.05) is 36.4 Å². The van der Waals surface area contributed by atoms with Gasteiger partial charge in [-0.2, -0.15) is 0 Å². The molecule has 0 aliphatic carbocycles. The Balaban J connectivity index is 1.82. The number of Topliss-reactive ketones (excluding diaryl/α,β-unsaturated/α-hetero) is 1. The first-order chi connectivity index (χ1) is 12.3. The number of hydrogen-bond acceptors (Lipinski definition) is 4. The van der Waals surface area contributed by atoms with Gasteiger partial charge in [0.1, 0.15) is 18.6 Å². The number of ether oxygens (including phenoxy) is 1. The summed E-state index contributed by atoms with van der Waals surface area (Å²) in [6.45, 7) is 0.356. The van der Waals surface area contributed by atoms with Crippen LogP contribution in [0.3, 0.4) is 0 Å². The molecule has 0 saturated heterocycles. The molecule has 0 aliphatic rings. The van der Waals surface area contributed by atoms with Crippen molar-refractivity contribution in [1.29, 1.82) is 0 Å². The Kier molecular flexibility index (Phi) is 5.32. The Morgan fingerprint density at radius 2 is 1.80 bits per heavy atom. The highest BCUT2D eigenvalue weighted by atomic mass is 16.5. The summed E-state index contributed by atoms with van der Waals surface area (Å²) < 4.78 is 5.83. The lowest BCUT2D eigenvalue weighted by Crippen LogP contribution is -2.08. The van der Waals surface area contributed by atoms with Crippen LogP contribution in [-0.4, -0.2) is 17.1 Å². The van der Waals surface area contributed by atoms with E-state index in [2.05, 4.69) is 4.98 Å². The maximum absolute atomic E-state index is 12.7. The summed E-state index contributed by atoms with van der Waals surface area (Å²) in [5.41, 5.74) is 2.68. The van der Waals surface area contributed by atoms with E-state index < -0.39 is 0 Å². The van der Waals surface area contributed by atoms with Gasteiger partial charge in [0.25, 0.3) is 0 Å². The average molecular weight is 331 g/mol. The highest BCUT2D eigenvalue weighted by molar-refractivity contribution is 6.01. The zero-order chi connectivity index (χ0) is 17.5. The van der Waals surface area contributed by atoms with E-state index in [-0.39, 0.29) is 12.2 Å². The lowest BCUT2D eigenvalue weighted by atomic mass is 10.0. The number of carbonyl (C=O) groups excluding carboxylic acids is 2. The second-order valence-electron chi connectivity index (χ2n) is 5.61. The highest BCUT2D eigenvalue weighted by Gasteiger charge is 2.15. The second-order valence-corrected chi connectivity index (χ2v) is 5.61. The normalized spacial score (nSPS) is 10.2. The van der Waals surface area contributed by atoms with Crippen molar-refractivity contribution in [1.82, 2.24) is 4.98 Å². The Hall–Kier alpha value is -3.27. The fourth-order valence-electron chi connectivity index (χ4n) is 2.48. The monoisotopic (exact) mass is 331 g/mol. The first-order valence-electron chi connectivity index (χ1n) is 7.94. The standard InChI is InChI=1S/C21H17NO3/c23-14-18-8-9-21(25-15-16-5-2-1-3-6-16)19(11-18)20(24)12-17-7-4-10-22-13-17/h1-11,13-14H,12,15H2. The van der Waals surface area contributed by atoms with Crippen LogP contribution in [0.1, 0.15) is 31.8 Å². The molecule has 1 aromatic heterocycles. The van der Waals surface area contributed by atoms with Crippen LogP contribution in [0.2, 0.25) is 0 Å². The summed E-state index contributed by atoms with van der Waals surface area (Å²) in [5, 5.41) is 0. The van der Waals surface area contributed by atoms with E-state index in [1.54, 1.807) is 36.7 Å². The number of ketones is 1. The quantitative estimate of drug-likeness (QED) is 0.487. The van der Waals surface area contributed by atoms with Crippen molar-refractivity contribution in [3.05, 3.63) is 95.3 Å². The zero-order valence-electron chi connectivity index (χ0n) is 13.6. The molecule has 0 amide bonds. The molecule has 0 N–H and O–H groups in total. The van der Waals surface area contributed by atoms with Crippen molar-refractivity contribution in [2.24, 2.45) is 0 Å². The summed E-state index contributed by atoms with van der Waals surface area (Å²) in [4.78, 5) is 27.8. The summed E-state index contributed by atoms with van der Waals surface area (Å²) in [6, 6.07) is 18.2. The minimum Gasteiger partial charge on any atom is -0.488 e. The molecule has 0 saturated carbocycles. The number of rotatable bonds is 7. The predicted octanol–water partition coefficient (Wildman–Crippen LogP) is 3.90. The van der Waals surface area contributed by atoms with Crippen LogP contribution in [-0.2, 0) is 13.0 Å². The van der Waals surface area contributed by atoms with Crippen LogP contribution in [0.25, 0.3) is 0 Å². The minimum atomic E-state index is -0.111. The van der Waals surface area contributed by atoms with Gasteiger partial charge in [0, 0.05) is 24.4 Å². The van der Waals surface area contributed by atoms with Gasteiger partial charge in [-0.3, -0.25) is 14.6 Å². The third-order valence-electron chi connectivity index (χ3n) is 3.76. The molecule has 3 rings (SSSR count). The molecule has 0 aliphatic heterocycles. The van der Waals surface area contributed by atoms with Crippen LogP contribution in [0.15, 0.2) is 73.1 Å². The third kappa shape index (κ3) is 4.38. The molecule has 124 valence electrons. The van der Waals surface area contributed by atoms with Gasteiger partial charge in [-0.25, -0.2) is 0 Å². The second kappa shape index (κ2) is 8.02. The van der Waals surface area contributed by atoms with Crippen molar-refractivity contribution < 1.29 is 14.3 Å². The summed E-state index contributed by atoms with van der Waals surface area (Å²) in [6.07, 6.45) is 4.25. The molecule has 0 unspecified atom stereocenters. The van der Waals surface area contributed by atoms with Crippen LogP contribution in [0.5, 0.6) is 5.75 Å². The first kappa shape index (κ1) is 16.6. The van der Waals surface area contributed by atoms with Crippen molar-refractivity contribution in [3.8, 4) is 5.75 Å². The largest absolute Gasteiger partial charge is 0.488 e. The molecular formula is C21H17NO3. The lowest BCUT2D eigenvalue weighted by molar-refractivity contribution is 0.0988. The number of carbonyl (C=O) groups is 2. The molecule has 25 heavy (non-hydrogen) atoms. The van der Waals surface area contributed by atoms with Gasteiger partial charge >= 0.3 is 0 Å². The number of hydrogen-bond donors (Lipinski definition) is 0. The Labute approximate surface area is 146 Å². The summed E-state index contributed by atoms with van der Waals surface area (Å²) in [5.74, 6) is 0.364. The van der Waals surface area contributed by atoms with Gasteiger partial charge in [-0.15, -0.1) is 0 Å². The van der Waals surface area contributed by atoms with Crippen LogP contribution >= 0.6 is 0 Å². The maximum Gasteiger partial charge on any atom is 0.171 e. The molecule has 0 bridgehead atoms.